The second-order valence-electron chi connectivity index (χ2n) is 11.6. The molecule has 174 valence electrons. The van der Waals surface area contributed by atoms with Crippen molar-refractivity contribution in [3.05, 3.63) is 0 Å². The summed E-state index contributed by atoms with van der Waals surface area (Å²) >= 11 is 0. The van der Waals surface area contributed by atoms with Gasteiger partial charge in [-0.3, -0.25) is 4.55 Å². The van der Waals surface area contributed by atoms with Crippen LogP contribution in [0.3, 0.4) is 0 Å². The lowest BCUT2D eigenvalue weighted by atomic mass is 9.43. The zero-order valence-electron chi connectivity index (χ0n) is 18.6. The van der Waals surface area contributed by atoms with Crippen molar-refractivity contribution < 1.29 is 28.3 Å². The van der Waals surface area contributed by atoms with E-state index in [-0.39, 0.29) is 52.3 Å². The zero-order chi connectivity index (χ0) is 22.1. The first-order valence-electron chi connectivity index (χ1n) is 11.9. The highest BCUT2D eigenvalue weighted by Gasteiger charge is 2.65. The zero-order valence-corrected chi connectivity index (χ0v) is 19.4. The molecule has 0 aliphatic heterocycles. The minimum atomic E-state index is -3.99. The molecular formula is C23H40O6S. The fourth-order valence-corrected chi connectivity index (χ4v) is 9.34. The summed E-state index contributed by atoms with van der Waals surface area (Å²) in [5.74, 6) is 0.989. The van der Waals surface area contributed by atoms with Gasteiger partial charge in [-0.1, -0.05) is 20.8 Å². The summed E-state index contributed by atoms with van der Waals surface area (Å²) in [5, 5.41) is 32.9. The Morgan fingerprint density at radius 1 is 1.00 bits per heavy atom. The first kappa shape index (κ1) is 23.0. The van der Waals surface area contributed by atoms with Crippen LogP contribution in [-0.4, -0.2) is 52.4 Å². The number of hydrogen-bond donors (Lipinski definition) is 4. The molecule has 4 aliphatic carbocycles. The van der Waals surface area contributed by atoms with E-state index < -0.39 is 22.3 Å². The second-order valence-corrected chi connectivity index (χ2v) is 13.1. The van der Waals surface area contributed by atoms with Gasteiger partial charge in [0, 0.05) is 0 Å². The van der Waals surface area contributed by atoms with Crippen molar-refractivity contribution in [3.8, 4) is 0 Å². The van der Waals surface area contributed by atoms with E-state index in [4.69, 9.17) is 0 Å². The Balaban J connectivity index is 1.60. The van der Waals surface area contributed by atoms with Crippen molar-refractivity contribution in [2.24, 2.45) is 46.3 Å². The third-order valence-corrected chi connectivity index (χ3v) is 11.1. The minimum Gasteiger partial charge on any atom is -0.393 e. The second kappa shape index (κ2) is 7.68. The van der Waals surface area contributed by atoms with Crippen LogP contribution in [0.1, 0.15) is 72.1 Å². The average Bonchev–Trinajstić information content (AvgIpc) is 3.00. The van der Waals surface area contributed by atoms with Crippen molar-refractivity contribution in [3.63, 3.8) is 0 Å². The molecular weight excluding hydrogens is 404 g/mol. The molecule has 0 bridgehead atoms. The molecule has 4 aliphatic rings. The van der Waals surface area contributed by atoms with Gasteiger partial charge in [-0.15, -0.1) is 0 Å². The van der Waals surface area contributed by atoms with Crippen LogP contribution in [0, 0.1) is 46.3 Å². The largest absolute Gasteiger partial charge is 0.393 e. The Labute approximate surface area is 181 Å². The summed E-state index contributed by atoms with van der Waals surface area (Å²) in [5.41, 5.74) is -0.279. The van der Waals surface area contributed by atoms with E-state index in [0.717, 1.165) is 38.5 Å². The summed E-state index contributed by atoms with van der Waals surface area (Å²) < 4.78 is 31.7. The Hall–Kier alpha value is -0.210. The van der Waals surface area contributed by atoms with Crippen LogP contribution in [-0.2, 0) is 10.1 Å². The maximum absolute atomic E-state index is 11.5. The van der Waals surface area contributed by atoms with Gasteiger partial charge in [0.1, 0.15) is 0 Å². The molecule has 0 spiro atoms. The molecule has 0 heterocycles. The smallest absolute Gasteiger partial charge is 0.264 e. The summed E-state index contributed by atoms with van der Waals surface area (Å²) in [4.78, 5) is 0. The van der Waals surface area contributed by atoms with Gasteiger partial charge >= 0.3 is 0 Å². The van der Waals surface area contributed by atoms with Crippen LogP contribution >= 0.6 is 0 Å². The fraction of sp³-hybridized carbons (Fsp3) is 1.00. The molecule has 0 aromatic rings. The average molecular weight is 445 g/mol. The molecule has 11 atom stereocenters. The fourth-order valence-electron chi connectivity index (χ4n) is 8.67. The summed E-state index contributed by atoms with van der Waals surface area (Å²) in [6.07, 6.45) is 5.06. The molecule has 7 heteroatoms. The monoisotopic (exact) mass is 444 g/mol. The van der Waals surface area contributed by atoms with E-state index >= 15 is 0 Å². The molecule has 0 aromatic heterocycles. The van der Waals surface area contributed by atoms with E-state index in [1.165, 1.54) is 0 Å². The lowest BCUT2D eigenvalue weighted by molar-refractivity contribution is -0.206. The molecule has 4 fully saturated rings. The molecule has 0 unspecified atom stereocenters. The number of aliphatic hydroxyl groups excluding tert-OH is 3. The maximum atomic E-state index is 11.5. The SMILES string of the molecule is C[C@@H](CCS(=O)(=O)O)[C@@H]1CC[C@@H]2[C@H]3[C@H](O)C[C@H]4C[C@@H](O)CC[C@]4(C)[C@@H]3C[C@@H](O)[C@]21C. The van der Waals surface area contributed by atoms with Crippen molar-refractivity contribution in [1.82, 2.24) is 0 Å². The quantitative estimate of drug-likeness (QED) is 0.496. The van der Waals surface area contributed by atoms with E-state index in [2.05, 4.69) is 13.8 Å². The summed E-state index contributed by atoms with van der Waals surface area (Å²) in [6.45, 7) is 6.52. The highest BCUT2D eigenvalue weighted by Crippen LogP contribution is 2.68. The Kier molecular flexibility index (Phi) is 5.88. The van der Waals surface area contributed by atoms with Gasteiger partial charge in [0.15, 0.2) is 0 Å². The van der Waals surface area contributed by atoms with Gasteiger partial charge < -0.3 is 15.3 Å². The van der Waals surface area contributed by atoms with Crippen LogP contribution in [0.2, 0.25) is 0 Å². The number of hydrogen-bond acceptors (Lipinski definition) is 5. The third kappa shape index (κ3) is 3.57. The van der Waals surface area contributed by atoms with Crippen molar-refractivity contribution in [2.75, 3.05) is 5.75 Å². The van der Waals surface area contributed by atoms with Crippen LogP contribution in [0.25, 0.3) is 0 Å². The Morgan fingerprint density at radius 2 is 1.70 bits per heavy atom. The number of fused-ring (bicyclic) bond motifs is 5. The molecule has 4 saturated carbocycles. The van der Waals surface area contributed by atoms with Gasteiger partial charge in [-0.05, 0) is 97.7 Å². The van der Waals surface area contributed by atoms with Gasteiger partial charge in [0.2, 0.25) is 0 Å². The van der Waals surface area contributed by atoms with Crippen LogP contribution in [0.15, 0.2) is 0 Å². The van der Waals surface area contributed by atoms with E-state index in [1.807, 2.05) is 6.92 Å². The van der Waals surface area contributed by atoms with Crippen molar-refractivity contribution in [2.45, 2.75) is 90.4 Å². The lowest BCUT2D eigenvalue weighted by Crippen LogP contribution is -2.62. The van der Waals surface area contributed by atoms with Crippen molar-refractivity contribution >= 4 is 10.1 Å². The van der Waals surface area contributed by atoms with Gasteiger partial charge in [-0.25, -0.2) is 0 Å². The molecule has 0 aromatic carbocycles. The first-order valence-corrected chi connectivity index (χ1v) is 13.5. The molecule has 0 amide bonds. The predicted octanol–water partition coefficient (Wildman–Crippen LogP) is 2.86. The minimum absolute atomic E-state index is 0.0557. The first-order chi connectivity index (χ1) is 13.9. The van der Waals surface area contributed by atoms with Crippen LogP contribution < -0.4 is 0 Å². The maximum Gasteiger partial charge on any atom is 0.264 e. The highest BCUT2D eigenvalue weighted by atomic mass is 32.2. The van der Waals surface area contributed by atoms with Crippen LogP contribution in [0.5, 0.6) is 0 Å². The molecule has 4 N–H and O–H groups in total. The normalized spacial score (nSPS) is 52.2. The molecule has 30 heavy (non-hydrogen) atoms. The van der Waals surface area contributed by atoms with E-state index in [1.54, 1.807) is 0 Å². The standard InChI is InChI=1S/C23H40O6S/c1-13(7-9-30(27,28)29)16-4-5-17-21-18(12-20(26)23(16,17)3)22(2)8-6-15(24)10-14(22)11-19(21)25/h13-21,24-26H,4-12H2,1-3H3,(H,27,28,29)/t13-,14+,15-,16-,17+,18+,19+,20+,21+,22-,23-/m0/s1. The van der Waals surface area contributed by atoms with E-state index in [9.17, 15) is 28.3 Å². The summed E-state index contributed by atoms with van der Waals surface area (Å²) in [7, 11) is -3.99. The summed E-state index contributed by atoms with van der Waals surface area (Å²) in [6, 6.07) is 0. The number of aliphatic hydroxyl groups is 3. The van der Waals surface area contributed by atoms with Gasteiger partial charge in [0.25, 0.3) is 10.1 Å². The molecule has 4 rings (SSSR count). The Bertz CT molecular complexity index is 755. The third-order valence-electron chi connectivity index (χ3n) is 10.4. The number of rotatable bonds is 4. The topological polar surface area (TPSA) is 115 Å². The Morgan fingerprint density at radius 3 is 2.37 bits per heavy atom. The predicted molar refractivity (Wildman–Crippen MR) is 114 cm³/mol. The van der Waals surface area contributed by atoms with E-state index in [0.29, 0.717) is 18.8 Å². The molecule has 6 nitrogen and oxygen atoms in total. The highest BCUT2D eigenvalue weighted by molar-refractivity contribution is 7.85. The lowest BCUT2D eigenvalue weighted by Gasteiger charge is -2.63. The van der Waals surface area contributed by atoms with Crippen molar-refractivity contribution in [1.29, 1.82) is 0 Å². The van der Waals surface area contributed by atoms with Gasteiger partial charge in [-0.2, -0.15) is 8.42 Å². The molecule has 0 saturated heterocycles. The molecule has 0 radical (unpaired) electrons. The van der Waals surface area contributed by atoms with Gasteiger partial charge in [0.05, 0.1) is 24.1 Å². The van der Waals surface area contributed by atoms with Crippen LogP contribution in [0.4, 0.5) is 0 Å².